The molecule has 0 radical (unpaired) electrons. The lowest BCUT2D eigenvalue weighted by Crippen LogP contribution is -2.14. The van der Waals surface area contributed by atoms with E-state index >= 15 is 0 Å². The van der Waals surface area contributed by atoms with E-state index in [2.05, 4.69) is 27.9 Å². The molecule has 14 heavy (non-hydrogen) atoms. The fourth-order valence-corrected chi connectivity index (χ4v) is 1.90. The second-order valence-corrected chi connectivity index (χ2v) is 5.12. The molecule has 76 valence electrons. The number of carbonyl (C=O) groups excluding carboxylic acids is 1. The molecule has 1 aromatic rings. The molecule has 0 aliphatic heterocycles. The van der Waals surface area contributed by atoms with Crippen LogP contribution in [0.5, 0.6) is 0 Å². The maximum atomic E-state index is 11.3. The van der Waals surface area contributed by atoms with Gasteiger partial charge in [-0.3, -0.25) is 4.79 Å². The van der Waals surface area contributed by atoms with Gasteiger partial charge in [0.1, 0.15) is 0 Å². The number of hydrogen-bond donors (Lipinski definition) is 1. The number of rotatable bonds is 3. The topological polar surface area (TPSA) is 29.1 Å². The smallest absolute Gasteiger partial charge is 0.234 e. The van der Waals surface area contributed by atoms with Gasteiger partial charge in [0, 0.05) is 3.57 Å². The monoisotopic (exact) mass is 341 g/mol. The molecule has 1 N–H and O–H groups in total. The normalized spacial score (nSPS) is 9.93. The first kappa shape index (κ1) is 12.1. The molecule has 1 rings (SSSR count). The van der Waals surface area contributed by atoms with Gasteiger partial charge in [-0.15, -0.1) is 0 Å². The number of nitrogens with one attached hydrogen (secondary N) is 1. The van der Waals surface area contributed by atoms with Gasteiger partial charge in [0.25, 0.3) is 0 Å². The third-order valence-corrected chi connectivity index (χ3v) is 3.03. The Morgan fingerprint density at radius 3 is 3.00 bits per heavy atom. The van der Waals surface area contributed by atoms with Crippen LogP contribution in [0.15, 0.2) is 18.2 Å². The van der Waals surface area contributed by atoms with Gasteiger partial charge in [-0.2, -0.15) is 11.8 Å². The first-order chi connectivity index (χ1) is 6.63. The fourth-order valence-electron chi connectivity index (χ4n) is 0.911. The molecule has 0 aliphatic carbocycles. The van der Waals surface area contributed by atoms with Crippen LogP contribution in [0.2, 0.25) is 5.02 Å². The van der Waals surface area contributed by atoms with E-state index < -0.39 is 0 Å². The Morgan fingerprint density at radius 2 is 2.36 bits per heavy atom. The van der Waals surface area contributed by atoms with Crippen molar-refractivity contribution in [2.45, 2.75) is 0 Å². The van der Waals surface area contributed by atoms with Gasteiger partial charge in [-0.25, -0.2) is 0 Å². The van der Waals surface area contributed by atoms with Crippen LogP contribution in [0.25, 0.3) is 0 Å². The summed E-state index contributed by atoms with van der Waals surface area (Å²) in [6.07, 6.45) is 1.88. The number of halogens is 2. The molecule has 0 bridgehead atoms. The first-order valence-corrected chi connectivity index (χ1v) is 6.72. The number of anilines is 1. The highest BCUT2D eigenvalue weighted by atomic mass is 127. The lowest BCUT2D eigenvalue weighted by atomic mass is 10.3. The molecule has 1 aromatic carbocycles. The predicted molar refractivity (Wildman–Crippen MR) is 71.2 cm³/mol. The standard InChI is InChI=1S/C9H9ClINOS/c1-14-5-9(13)12-8-4-6(11)2-3-7(8)10/h2-4H,5H2,1H3,(H,12,13). The van der Waals surface area contributed by atoms with Gasteiger partial charge in [-0.1, -0.05) is 11.6 Å². The molecule has 0 saturated heterocycles. The summed E-state index contributed by atoms with van der Waals surface area (Å²) in [7, 11) is 0. The minimum Gasteiger partial charge on any atom is -0.324 e. The van der Waals surface area contributed by atoms with Crippen LogP contribution >= 0.6 is 46.0 Å². The summed E-state index contributed by atoms with van der Waals surface area (Å²) in [5.41, 5.74) is 0.678. The van der Waals surface area contributed by atoms with Crippen LogP contribution in [0.4, 0.5) is 5.69 Å². The molecule has 0 atom stereocenters. The second-order valence-electron chi connectivity index (χ2n) is 2.61. The average Bonchev–Trinajstić information content (AvgIpc) is 2.12. The average molecular weight is 342 g/mol. The van der Waals surface area contributed by atoms with Crippen molar-refractivity contribution in [3.63, 3.8) is 0 Å². The van der Waals surface area contributed by atoms with E-state index in [-0.39, 0.29) is 5.91 Å². The zero-order chi connectivity index (χ0) is 10.6. The predicted octanol–water partition coefficient (Wildman–Crippen LogP) is 3.25. The quantitative estimate of drug-likeness (QED) is 0.855. The highest BCUT2D eigenvalue weighted by Gasteiger charge is 2.05. The molecule has 0 aromatic heterocycles. The molecule has 2 nitrogen and oxygen atoms in total. The van der Waals surface area contributed by atoms with Gasteiger partial charge >= 0.3 is 0 Å². The Hall–Kier alpha value is 0.0600. The van der Waals surface area contributed by atoms with Crippen molar-refractivity contribution in [3.05, 3.63) is 26.8 Å². The van der Waals surface area contributed by atoms with Gasteiger partial charge in [0.2, 0.25) is 5.91 Å². The Labute approximate surface area is 106 Å². The largest absolute Gasteiger partial charge is 0.324 e. The van der Waals surface area contributed by atoms with E-state index in [0.717, 1.165) is 3.57 Å². The van der Waals surface area contributed by atoms with Crippen LogP contribution in [-0.2, 0) is 4.79 Å². The third kappa shape index (κ3) is 3.67. The lowest BCUT2D eigenvalue weighted by molar-refractivity contribution is -0.113. The van der Waals surface area contributed by atoms with Crippen molar-refractivity contribution in [2.75, 3.05) is 17.3 Å². The number of hydrogen-bond acceptors (Lipinski definition) is 2. The van der Waals surface area contributed by atoms with Crippen LogP contribution in [0.1, 0.15) is 0 Å². The SMILES string of the molecule is CSCC(=O)Nc1cc(I)ccc1Cl. The summed E-state index contributed by atoms with van der Waals surface area (Å²) >= 11 is 9.57. The van der Waals surface area contributed by atoms with Gasteiger partial charge in [0.05, 0.1) is 16.5 Å². The van der Waals surface area contributed by atoms with E-state index in [1.807, 2.05) is 18.4 Å². The summed E-state index contributed by atoms with van der Waals surface area (Å²) in [6.45, 7) is 0. The van der Waals surface area contributed by atoms with Crippen molar-refractivity contribution >= 4 is 57.5 Å². The molecule has 1 amide bonds. The van der Waals surface area contributed by atoms with Crippen molar-refractivity contribution in [3.8, 4) is 0 Å². The van der Waals surface area contributed by atoms with Gasteiger partial charge in [0.15, 0.2) is 0 Å². The van der Waals surface area contributed by atoms with E-state index in [1.165, 1.54) is 11.8 Å². The highest BCUT2D eigenvalue weighted by molar-refractivity contribution is 14.1. The number of amides is 1. The van der Waals surface area contributed by atoms with E-state index in [1.54, 1.807) is 6.07 Å². The zero-order valence-corrected chi connectivity index (χ0v) is 11.2. The molecule has 0 unspecified atom stereocenters. The highest BCUT2D eigenvalue weighted by Crippen LogP contribution is 2.23. The molecular formula is C9H9ClINOS. The molecule has 0 saturated carbocycles. The van der Waals surface area contributed by atoms with Crippen LogP contribution in [0, 0.1) is 3.57 Å². The van der Waals surface area contributed by atoms with E-state index in [9.17, 15) is 4.79 Å². The van der Waals surface area contributed by atoms with Crippen molar-refractivity contribution in [1.29, 1.82) is 0 Å². The molecular weight excluding hydrogens is 333 g/mol. The minimum atomic E-state index is -0.0265. The maximum absolute atomic E-state index is 11.3. The second kappa shape index (κ2) is 5.82. The van der Waals surface area contributed by atoms with Gasteiger partial charge < -0.3 is 5.32 Å². The minimum absolute atomic E-state index is 0.0265. The lowest BCUT2D eigenvalue weighted by Gasteiger charge is -2.06. The van der Waals surface area contributed by atoms with Crippen LogP contribution in [0.3, 0.4) is 0 Å². The Morgan fingerprint density at radius 1 is 1.64 bits per heavy atom. The molecule has 0 aliphatic rings. The Bertz CT molecular complexity index is 346. The van der Waals surface area contributed by atoms with Crippen LogP contribution < -0.4 is 5.32 Å². The summed E-state index contributed by atoms with van der Waals surface area (Å²) in [4.78, 5) is 11.3. The zero-order valence-electron chi connectivity index (χ0n) is 7.51. The maximum Gasteiger partial charge on any atom is 0.234 e. The summed E-state index contributed by atoms with van der Waals surface area (Å²) in [5.74, 6) is 0.420. The summed E-state index contributed by atoms with van der Waals surface area (Å²) < 4.78 is 1.05. The third-order valence-electron chi connectivity index (χ3n) is 1.48. The van der Waals surface area contributed by atoms with E-state index in [4.69, 9.17) is 11.6 Å². The van der Waals surface area contributed by atoms with Crippen molar-refractivity contribution in [2.24, 2.45) is 0 Å². The summed E-state index contributed by atoms with van der Waals surface area (Å²) in [5, 5.41) is 3.32. The summed E-state index contributed by atoms with van der Waals surface area (Å²) in [6, 6.07) is 5.52. The fraction of sp³-hybridized carbons (Fsp3) is 0.222. The number of thioether (sulfide) groups is 1. The number of carbonyl (C=O) groups is 1. The first-order valence-electron chi connectivity index (χ1n) is 3.87. The van der Waals surface area contributed by atoms with Crippen molar-refractivity contribution < 1.29 is 4.79 Å². The molecule has 0 spiro atoms. The Kier molecular flexibility index (Phi) is 5.05. The molecule has 5 heteroatoms. The Balaban J connectivity index is 2.75. The molecule has 0 heterocycles. The van der Waals surface area contributed by atoms with E-state index in [0.29, 0.717) is 16.5 Å². The number of benzene rings is 1. The van der Waals surface area contributed by atoms with Crippen LogP contribution in [-0.4, -0.2) is 17.9 Å². The molecule has 0 fully saturated rings. The van der Waals surface area contributed by atoms with Gasteiger partial charge in [-0.05, 0) is 47.0 Å². The van der Waals surface area contributed by atoms with Crippen molar-refractivity contribution in [1.82, 2.24) is 0 Å².